The van der Waals surface area contributed by atoms with Crippen LogP contribution in [0.5, 0.6) is 0 Å². The van der Waals surface area contributed by atoms with Gasteiger partial charge in [-0.25, -0.2) is 0 Å². The number of fused-ring (bicyclic) bond motifs is 3. The summed E-state index contributed by atoms with van der Waals surface area (Å²) in [4.78, 5) is 10.6. The lowest BCUT2D eigenvalue weighted by Crippen LogP contribution is -2.32. The Balaban J connectivity index is 1.42. The first-order chi connectivity index (χ1) is 12.8. The van der Waals surface area contributed by atoms with Crippen molar-refractivity contribution in [1.82, 2.24) is 20.0 Å². The van der Waals surface area contributed by atoms with Crippen molar-refractivity contribution in [3.63, 3.8) is 0 Å². The average Bonchev–Trinajstić information content (AvgIpc) is 3.33. The maximum atomic E-state index is 5.58. The molecule has 0 aliphatic carbocycles. The maximum Gasteiger partial charge on any atom is 0.244 e. The molecule has 1 atom stereocenters. The first kappa shape index (κ1) is 15.3. The van der Waals surface area contributed by atoms with Crippen molar-refractivity contribution in [2.45, 2.75) is 25.9 Å². The Morgan fingerprint density at radius 2 is 1.88 bits per heavy atom. The molecule has 0 fully saturated rings. The molecule has 1 aliphatic rings. The van der Waals surface area contributed by atoms with Gasteiger partial charge in [-0.2, -0.15) is 4.98 Å². The van der Waals surface area contributed by atoms with Gasteiger partial charge in [-0.1, -0.05) is 53.7 Å². The molecule has 130 valence electrons. The van der Waals surface area contributed by atoms with Gasteiger partial charge in [-0.15, -0.1) is 0 Å². The van der Waals surface area contributed by atoms with Crippen LogP contribution in [0.2, 0.25) is 0 Å². The zero-order valence-corrected chi connectivity index (χ0v) is 14.6. The number of aromatic amines is 1. The predicted molar refractivity (Wildman–Crippen MR) is 101 cm³/mol. The summed E-state index contributed by atoms with van der Waals surface area (Å²) in [5.74, 6) is 1.32. The molecule has 0 saturated heterocycles. The minimum atomic E-state index is 0.0850. The van der Waals surface area contributed by atoms with Gasteiger partial charge in [0.25, 0.3) is 0 Å². The highest BCUT2D eigenvalue weighted by atomic mass is 16.5. The fourth-order valence-electron chi connectivity index (χ4n) is 3.78. The van der Waals surface area contributed by atoms with Crippen LogP contribution in [-0.2, 0) is 13.0 Å². The lowest BCUT2D eigenvalue weighted by Gasteiger charge is -2.30. The molecular weight excluding hydrogens is 324 g/mol. The number of para-hydroxylation sites is 1. The molecule has 0 radical (unpaired) electrons. The number of nitrogens with zero attached hydrogens (tertiary/aromatic N) is 3. The fraction of sp³-hybridized carbons (Fsp3) is 0.238. The van der Waals surface area contributed by atoms with Crippen LogP contribution in [0.15, 0.2) is 59.1 Å². The summed E-state index contributed by atoms with van der Waals surface area (Å²) in [5, 5.41) is 5.48. The van der Waals surface area contributed by atoms with Gasteiger partial charge in [0.1, 0.15) is 0 Å². The molecule has 2 aromatic carbocycles. The fourth-order valence-corrected chi connectivity index (χ4v) is 3.78. The molecule has 5 nitrogen and oxygen atoms in total. The van der Waals surface area contributed by atoms with Crippen LogP contribution in [0.25, 0.3) is 22.3 Å². The first-order valence-electron chi connectivity index (χ1n) is 9.01. The van der Waals surface area contributed by atoms with Crippen LogP contribution < -0.4 is 0 Å². The predicted octanol–water partition coefficient (Wildman–Crippen LogP) is 4.34. The smallest absolute Gasteiger partial charge is 0.244 e. The van der Waals surface area contributed by atoms with Crippen LogP contribution in [0, 0.1) is 0 Å². The van der Waals surface area contributed by atoms with Gasteiger partial charge in [0, 0.05) is 41.7 Å². The van der Waals surface area contributed by atoms with Crippen molar-refractivity contribution in [3.05, 3.63) is 71.7 Å². The number of rotatable bonds is 3. The molecule has 0 bridgehead atoms. The second-order valence-electron chi connectivity index (χ2n) is 6.85. The van der Waals surface area contributed by atoms with Crippen LogP contribution in [-0.4, -0.2) is 26.6 Å². The second-order valence-corrected chi connectivity index (χ2v) is 6.85. The summed E-state index contributed by atoms with van der Waals surface area (Å²) in [7, 11) is 0. The molecule has 2 aromatic heterocycles. The SMILES string of the molecule is CC(c1nc(-c2ccccc2)no1)N1CCc2[nH]c3ccccc3c2C1. The zero-order valence-electron chi connectivity index (χ0n) is 14.6. The van der Waals surface area contributed by atoms with E-state index in [-0.39, 0.29) is 6.04 Å². The van der Waals surface area contributed by atoms with E-state index >= 15 is 0 Å². The topological polar surface area (TPSA) is 58.0 Å². The van der Waals surface area contributed by atoms with Gasteiger partial charge in [-0.05, 0) is 18.6 Å². The number of hydrogen-bond acceptors (Lipinski definition) is 4. The van der Waals surface area contributed by atoms with Crippen LogP contribution in [0.3, 0.4) is 0 Å². The normalized spacial score (nSPS) is 15.9. The maximum absolute atomic E-state index is 5.58. The Bertz CT molecular complexity index is 1050. The summed E-state index contributed by atoms with van der Waals surface area (Å²) >= 11 is 0. The molecule has 5 heteroatoms. The molecule has 3 heterocycles. The van der Waals surface area contributed by atoms with E-state index in [2.05, 4.69) is 51.2 Å². The molecule has 26 heavy (non-hydrogen) atoms. The quantitative estimate of drug-likeness (QED) is 0.601. The molecule has 5 rings (SSSR count). The van der Waals surface area contributed by atoms with Gasteiger partial charge >= 0.3 is 0 Å². The molecule has 1 N–H and O–H groups in total. The van der Waals surface area contributed by atoms with Crippen molar-refractivity contribution in [1.29, 1.82) is 0 Å². The zero-order chi connectivity index (χ0) is 17.5. The van der Waals surface area contributed by atoms with Gasteiger partial charge in [-0.3, -0.25) is 4.90 Å². The van der Waals surface area contributed by atoms with E-state index in [0.717, 1.165) is 25.1 Å². The largest absolute Gasteiger partial charge is 0.358 e. The van der Waals surface area contributed by atoms with Gasteiger partial charge in [0.15, 0.2) is 0 Å². The van der Waals surface area contributed by atoms with Gasteiger partial charge in [0.2, 0.25) is 11.7 Å². The van der Waals surface area contributed by atoms with Crippen molar-refractivity contribution in [2.24, 2.45) is 0 Å². The molecule has 1 aliphatic heterocycles. The minimum absolute atomic E-state index is 0.0850. The monoisotopic (exact) mass is 344 g/mol. The minimum Gasteiger partial charge on any atom is -0.358 e. The molecule has 0 saturated carbocycles. The number of hydrogen-bond donors (Lipinski definition) is 1. The van der Waals surface area contributed by atoms with Crippen LogP contribution >= 0.6 is 0 Å². The van der Waals surface area contributed by atoms with Crippen molar-refractivity contribution < 1.29 is 4.52 Å². The summed E-state index contributed by atoms with van der Waals surface area (Å²) in [6.45, 7) is 4.01. The Kier molecular flexibility index (Phi) is 3.60. The summed E-state index contributed by atoms with van der Waals surface area (Å²) in [6.07, 6.45) is 1.01. The Labute approximate surface area is 151 Å². The van der Waals surface area contributed by atoms with E-state index in [1.54, 1.807) is 0 Å². The molecular formula is C21H20N4O. The van der Waals surface area contributed by atoms with Crippen LogP contribution in [0.4, 0.5) is 0 Å². The third kappa shape index (κ3) is 2.52. The van der Waals surface area contributed by atoms with Crippen molar-refractivity contribution in [3.8, 4) is 11.4 Å². The lowest BCUT2D eigenvalue weighted by atomic mass is 10.0. The van der Waals surface area contributed by atoms with E-state index in [9.17, 15) is 0 Å². The van der Waals surface area contributed by atoms with Crippen LogP contribution in [0.1, 0.15) is 30.1 Å². The highest BCUT2D eigenvalue weighted by Gasteiger charge is 2.27. The number of benzene rings is 2. The first-order valence-corrected chi connectivity index (χ1v) is 9.01. The number of nitrogens with one attached hydrogen (secondary N) is 1. The van der Waals surface area contributed by atoms with E-state index in [1.807, 2.05) is 30.3 Å². The lowest BCUT2D eigenvalue weighted by molar-refractivity contribution is 0.158. The summed E-state index contributed by atoms with van der Waals surface area (Å²) in [6, 6.07) is 18.6. The summed E-state index contributed by atoms with van der Waals surface area (Å²) in [5.41, 5.74) is 4.94. The van der Waals surface area contributed by atoms with E-state index in [1.165, 1.54) is 22.2 Å². The standard InChI is InChI=1S/C21H20N4O/c1-14(21-23-20(24-26-21)15-7-3-2-4-8-15)25-12-11-19-17(13-25)16-9-5-6-10-18(16)22-19/h2-10,14,22H,11-13H2,1H3. The number of aromatic nitrogens is 3. The van der Waals surface area contributed by atoms with E-state index in [4.69, 9.17) is 4.52 Å². The van der Waals surface area contributed by atoms with Crippen molar-refractivity contribution >= 4 is 10.9 Å². The molecule has 0 amide bonds. The van der Waals surface area contributed by atoms with Gasteiger partial charge in [0.05, 0.1) is 6.04 Å². The Morgan fingerprint density at radius 3 is 2.77 bits per heavy atom. The second kappa shape index (κ2) is 6.11. The molecule has 1 unspecified atom stereocenters. The highest BCUT2D eigenvalue weighted by Crippen LogP contribution is 2.32. The van der Waals surface area contributed by atoms with Crippen molar-refractivity contribution in [2.75, 3.05) is 6.54 Å². The average molecular weight is 344 g/mol. The Morgan fingerprint density at radius 1 is 1.08 bits per heavy atom. The third-order valence-electron chi connectivity index (χ3n) is 5.29. The number of H-pyrrole nitrogens is 1. The molecule has 4 aromatic rings. The van der Waals surface area contributed by atoms with Gasteiger partial charge < -0.3 is 9.51 Å². The molecule has 0 spiro atoms. The van der Waals surface area contributed by atoms with E-state index in [0.29, 0.717) is 11.7 Å². The summed E-state index contributed by atoms with van der Waals surface area (Å²) < 4.78 is 5.58. The van der Waals surface area contributed by atoms with E-state index < -0.39 is 0 Å². The third-order valence-corrected chi connectivity index (χ3v) is 5.29. The Hall–Kier alpha value is -2.92. The highest BCUT2D eigenvalue weighted by molar-refractivity contribution is 5.84.